The topological polar surface area (TPSA) is 28.7 Å². The molecule has 2 heteroatoms. The average Bonchev–Trinajstić information content (AvgIpc) is 2.99. The number of hydrogen-bond donors (Lipinski definition) is 1. The largest absolute Gasteiger partial charge is 0.282 e. The predicted molar refractivity (Wildman–Crippen MR) is 60.7 cm³/mol. The lowest BCUT2D eigenvalue weighted by Crippen LogP contribution is -1.81. The minimum Gasteiger partial charge on any atom is -0.282 e. The van der Waals surface area contributed by atoms with Crippen LogP contribution in [0.25, 0.3) is 11.3 Å². The van der Waals surface area contributed by atoms with Crippen LogP contribution in [0.4, 0.5) is 0 Å². The lowest BCUT2D eigenvalue weighted by molar-refractivity contribution is 0.966. The first-order valence-corrected chi connectivity index (χ1v) is 5.46. The summed E-state index contributed by atoms with van der Waals surface area (Å²) in [6.07, 6.45) is 2.63. The van der Waals surface area contributed by atoms with Crippen LogP contribution >= 0.6 is 0 Å². The molecule has 0 amide bonds. The van der Waals surface area contributed by atoms with Gasteiger partial charge < -0.3 is 0 Å². The molecule has 15 heavy (non-hydrogen) atoms. The zero-order chi connectivity index (χ0) is 10.3. The Labute approximate surface area is 89.3 Å². The molecule has 76 valence electrons. The molecule has 0 unspecified atom stereocenters. The predicted octanol–water partition coefficient (Wildman–Crippen LogP) is 3.26. The van der Waals surface area contributed by atoms with E-state index in [1.165, 1.54) is 29.7 Å². The molecule has 0 radical (unpaired) electrons. The Bertz CT molecular complexity index is 481. The highest BCUT2D eigenvalue weighted by molar-refractivity contribution is 5.63. The molecule has 1 aromatic carbocycles. The number of aromatic amines is 1. The van der Waals surface area contributed by atoms with E-state index < -0.39 is 0 Å². The van der Waals surface area contributed by atoms with Gasteiger partial charge in [0.1, 0.15) is 0 Å². The molecule has 0 atom stereocenters. The van der Waals surface area contributed by atoms with E-state index in [9.17, 15) is 0 Å². The van der Waals surface area contributed by atoms with Crippen LogP contribution in [-0.2, 0) is 0 Å². The second kappa shape index (κ2) is 3.23. The zero-order valence-corrected chi connectivity index (χ0v) is 8.83. The molecule has 1 aromatic heterocycles. The minimum absolute atomic E-state index is 0.746. The van der Waals surface area contributed by atoms with E-state index in [0.717, 1.165) is 11.6 Å². The number of benzene rings is 1. The fraction of sp³-hybridized carbons (Fsp3) is 0.308. The third-order valence-electron chi connectivity index (χ3n) is 3.04. The van der Waals surface area contributed by atoms with Gasteiger partial charge >= 0.3 is 0 Å². The molecule has 1 heterocycles. The van der Waals surface area contributed by atoms with Crippen molar-refractivity contribution >= 4 is 0 Å². The Morgan fingerprint density at radius 1 is 1.27 bits per heavy atom. The number of nitrogens with zero attached hydrogens (tertiary/aromatic N) is 1. The van der Waals surface area contributed by atoms with Crippen LogP contribution in [0.2, 0.25) is 0 Å². The van der Waals surface area contributed by atoms with Gasteiger partial charge in [0.05, 0.1) is 5.69 Å². The molecule has 1 aliphatic rings. The Morgan fingerprint density at radius 3 is 2.80 bits per heavy atom. The van der Waals surface area contributed by atoms with E-state index in [1.807, 2.05) is 0 Å². The lowest BCUT2D eigenvalue weighted by Gasteiger charge is -1.99. The van der Waals surface area contributed by atoms with E-state index in [1.54, 1.807) is 0 Å². The molecule has 3 rings (SSSR count). The first kappa shape index (κ1) is 8.72. The van der Waals surface area contributed by atoms with Gasteiger partial charge in [-0.05, 0) is 31.4 Å². The average molecular weight is 198 g/mol. The number of H-pyrrole nitrogens is 1. The highest BCUT2D eigenvalue weighted by Crippen LogP contribution is 2.40. The lowest BCUT2D eigenvalue weighted by atomic mass is 10.1. The van der Waals surface area contributed by atoms with Crippen molar-refractivity contribution in [1.82, 2.24) is 10.2 Å². The van der Waals surface area contributed by atoms with Crippen molar-refractivity contribution in [3.63, 3.8) is 0 Å². The van der Waals surface area contributed by atoms with Gasteiger partial charge in [-0.25, -0.2) is 0 Å². The summed E-state index contributed by atoms with van der Waals surface area (Å²) in [4.78, 5) is 0. The normalized spacial score (nSPS) is 15.5. The van der Waals surface area contributed by atoms with Gasteiger partial charge in [-0.3, -0.25) is 5.10 Å². The van der Waals surface area contributed by atoms with Gasteiger partial charge in [-0.2, -0.15) is 5.10 Å². The number of nitrogens with one attached hydrogen (secondary N) is 1. The number of aromatic nitrogens is 2. The Hall–Kier alpha value is -1.57. The summed E-state index contributed by atoms with van der Waals surface area (Å²) in [5.74, 6) is 0.746. The molecule has 0 spiro atoms. The summed E-state index contributed by atoms with van der Waals surface area (Å²) < 4.78 is 0. The van der Waals surface area contributed by atoms with Crippen LogP contribution in [0.5, 0.6) is 0 Å². The first-order valence-electron chi connectivity index (χ1n) is 5.46. The summed E-state index contributed by atoms with van der Waals surface area (Å²) in [5, 5.41) is 7.53. The molecule has 1 saturated carbocycles. The maximum atomic E-state index is 4.38. The standard InChI is InChI=1S/C13H14N2/c1-9-4-2-3-5-11(9)13-8-12(14-15-13)10-6-7-10/h2-5,8,10H,6-7H2,1H3,(H,14,15). The van der Waals surface area contributed by atoms with Crippen molar-refractivity contribution < 1.29 is 0 Å². The maximum absolute atomic E-state index is 4.38. The summed E-state index contributed by atoms with van der Waals surface area (Å²) in [7, 11) is 0. The van der Waals surface area contributed by atoms with Gasteiger partial charge in [0, 0.05) is 17.2 Å². The van der Waals surface area contributed by atoms with Crippen molar-refractivity contribution in [2.45, 2.75) is 25.7 Å². The summed E-state index contributed by atoms with van der Waals surface area (Å²) in [6.45, 7) is 2.13. The molecule has 2 aromatic rings. The minimum atomic E-state index is 0.746. The van der Waals surface area contributed by atoms with Crippen molar-refractivity contribution in [3.8, 4) is 11.3 Å². The second-order valence-electron chi connectivity index (χ2n) is 4.30. The van der Waals surface area contributed by atoms with Gasteiger partial charge in [-0.1, -0.05) is 24.3 Å². The number of rotatable bonds is 2. The molecule has 0 bridgehead atoms. The van der Waals surface area contributed by atoms with E-state index >= 15 is 0 Å². The summed E-state index contributed by atoms with van der Waals surface area (Å²) in [6, 6.07) is 10.6. The van der Waals surface area contributed by atoms with E-state index in [0.29, 0.717) is 0 Å². The van der Waals surface area contributed by atoms with Gasteiger partial charge in [0.2, 0.25) is 0 Å². The molecule has 1 fully saturated rings. The highest BCUT2D eigenvalue weighted by Gasteiger charge is 2.25. The quantitative estimate of drug-likeness (QED) is 0.788. The summed E-state index contributed by atoms with van der Waals surface area (Å²) in [5.41, 5.74) is 4.90. The summed E-state index contributed by atoms with van der Waals surface area (Å²) >= 11 is 0. The van der Waals surface area contributed by atoms with Crippen molar-refractivity contribution in [1.29, 1.82) is 0 Å². The maximum Gasteiger partial charge on any atom is 0.0926 e. The molecular formula is C13H14N2. The smallest absolute Gasteiger partial charge is 0.0926 e. The highest BCUT2D eigenvalue weighted by atomic mass is 15.1. The Balaban J connectivity index is 2.01. The second-order valence-corrected chi connectivity index (χ2v) is 4.30. The van der Waals surface area contributed by atoms with Crippen molar-refractivity contribution in [3.05, 3.63) is 41.6 Å². The Kier molecular flexibility index (Phi) is 1.88. The van der Waals surface area contributed by atoms with Gasteiger partial charge in [-0.15, -0.1) is 0 Å². The molecular weight excluding hydrogens is 184 g/mol. The van der Waals surface area contributed by atoms with Gasteiger partial charge in [0.25, 0.3) is 0 Å². The molecule has 0 saturated heterocycles. The third-order valence-corrected chi connectivity index (χ3v) is 3.04. The van der Waals surface area contributed by atoms with E-state index in [4.69, 9.17) is 0 Å². The van der Waals surface area contributed by atoms with Crippen molar-refractivity contribution in [2.75, 3.05) is 0 Å². The molecule has 1 aliphatic carbocycles. The van der Waals surface area contributed by atoms with Crippen LogP contribution in [-0.4, -0.2) is 10.2 Å². The molecule has 2 nitrogen and oxygen atoms in total. The van der Waals surface area contributed by atoms with Crippen LogP contribution in [0.15, 0.2) is 30.3 Å². The zero-order valence-electron chi connectivity index (χ0n) is 8.83. The van der Waals surface area contributed by atoms with Gasteiger partial charge in [0.15, 0.2) is 0 Å². The van der Waals surface area contributed by atoms with Crippen LogP contribution in [0, 0.1) is 6.92 Å². The van der Waals surface area contributed by atoms with Crippen molar-refractivity contribution in [2.24, 2.45) is 0 Å². The van der Waals surface area contributed by atoms with Crippen LogP contribution in [0.1, 0.15) is 30.0 Å². The Morgan fingerprint density at radius 2 is 2.07 bits per heavy atom. The SMILES string of the molecule is Cc1ccccc1-c1cc(C2CC2)[nH]n1. The number of hydrogen-bond acceptors (Lipinski definition) is 1. The van der Waals surface area contributed by atoms with Crippen LogP contribution in [0.3, 0.4) is 0 Å². The van der Waals surface area contributed by atoms with E-state index in [2.05, 4.69) is 47.5 Å². The first-order chi connectivity index (χ1) is 7.34. The fourth-order valence-electron chi connectivity index (χ4n) is 1.94. The monoisotopic (exact) mass is 198 g/mol. The van der Waals surface area contributed by atoms with E-state index in [-0.39, 0.29) is 0 Å². The molecule has 0 aliphatic heterocycles. The third kappa shape index (κ3) is 1.56. The van der Waals surface area contributed by atoms with Crippen LogP contribution < -0.4 is 0 Å². The fourth-order valence-corrected chi connectivity index (χ4v) is 1.94. The number of aryl methyl sites for hydroxylation is 1. The molecule has 1 N–H and O–H groups in total.